The minimum atomic E-state index is -0.391. The first-order chi connectivity index (χ1) is 6.99. The van der Waals surface area contributed by atoms with E-state index in [9.17, 15) is 4.79 Å². The minimum Gasteiger partial charge on any atom is -0.384 e. The number of nitrogens with zero attached hydrogens (tertiary/aromatic N) is 2. The standard InChI is InChI=1S/C9H13ClN4O/c1-14(5-9(12)15)4-7-6(10)2-3-8(11)13-7/h2-3H,4-5H2,1H3,(H2,11,13)(H2,12,15). The van der Waals surface area contributed by atoms with E-state index in [1.807, 2.05) is 0 Å². The average molecular weight is 229 g/mol. The number of amides is 1. The third-order valence-corrected chi connectivity index (χ3v) is 2.13. The highest BCUT2D eigenvalue weighted by molar-refractivity contribution is 6.31. The number of carbonyl (C=O) groups excluding carboxylic acids is 1. The predicted molar refractivity (Wildman–Crippen MR) is 59.2 cm³/mol. The highest BCUT2D eigenvalue weighted by Gasteiger charge is 2.08. The number of nitrogens with two attached hydrogens (primary N) is 2. The Balaban J connectivity index is 2.71. The van der Waals surface area contributed by atoms with E-state index >= 15 is 0 Å². The van der Waals surface area contributed by atoms with Gasteiger partial charge in [-0.05, 0) is 19.2 Å². The summed E-state index contributed by atoms with van der Waals surface area (Å²) in [4.78, 5) is 16.4. The molecule has 0 saturated carbocycles. The molecule has 1 aromatic rings. The molecule has 4 N–H and O–H groups in total. The van der Waals surface area contributed by atoms with Gasteiger partial charge in [0.1, 0.15) is 5.82 Å². The van der Waals surface area contributed by atoms with Crippen LogP contribution in [0.15, 0.2) is 12.1 Å². The zero-order valence-corrected chi connectivity index (χ0v) is 9.16. The summed E-state index contributed by atoms with van der Waals surface area (Å²) < 4.78 is 0. The monoisotopic (exact) mass is 228 g/mol. The number of hydrogen-bond acceptors (Lipinski definition) is 4. The van der Waals surface area contributed by atoms with Gasteiger partial charge in [-0.25, -0.2) is 4.98 Å². The minimum absolute atomic E-state index is 0.160. The number of likely N-dealkylation sites (N-methyl/N-ethyl adjacent to an activating group) is 1. The highest BCUT2D eigenvalue weighted by Crippen LogP contribution is 2.16. The number of aromatic nitrogens is 1. The molecule has 0 aliphatic rings. The zero-order chi connectivity index (χ0) is 11.4. The molecule has 0 unspecified atom stereocenters. The van der Waals surface area contributed by atoms with Crippen molar-refractivity contribution in [3.8, 4) is 0 Å². The number of pyridine rings is 1. The van der Waals surface area contributed by atoms with Crippen molar-refractivity contribution in [1.29, 1.82) is 0 Å². The van der Waals surface area contributed by atoms with Gasteiger partial charge in [0.25, 0.3) is 0 Å². The van der Waals surface area contributed by atoms with E-state index in [0.717, 1.165) is 0 Å². The van der Waals surface area contributed by atoms with E-state index in [1.165, 1.54) is 0 Å². The van der Waals surface area contributed by atoms with Crippen molar-refractivity contribution < 1.29 is 4.79 Å². The third-order valence-electron chi connectivity index (χ3n) is 1.79. The molecule has 1 heterocycles. The molecule has 1 aromatic heterocycles. The summed E-state index contributed by atoms with van der Waals surface area (Å²) in [7, 11) is 1.76. The molecule has 0 aromatic carbocycles. The van der Waals surface area contributed by atoms with Crippen LogP contribution in [0.3, 0.4) is 0 Å². The van der Waals surface area contributed by atoms with Crippen LogP contribution in [-0.2, 0) is 11.3 Å². The topological polar surface area (TPSA) is 85.2 Å². The van der Waals surface area contributed by atoms with E-state index < -0.39 is 5.91 Å². The van der Waals surface area contributed by atoms with E-state index in [-0.39, 0.29) is 6.54 Å². The van der Waals surface area contributed by atoms with Crippen molar-refractivity contribution in [2.75, 3.05) is 19.3 Å². The maximum absolute atomic E-state index is 10.7. The molecule has 0 atom stereocenters. The fraction of sp³-hybridized carbons (Fsp3) is 0.333. The summed E-state index contributed by atoms with van der Waals surface area (Å²) >= 11 is 5.92. The number of primary amides is 1. The highest BCUT2D eigenvalue weighted by atomic mass is 35.5. The van der Waals surface area contributed by atoms with Crippen LogP contribution in [0.4, 0.5) is 5.82 Å². The summed E-state index contributed by atoms with van der Waals surface area (Å²) in [5.41, 5.74) is 11.2. The maximum Gasteiger partial charge on any atom is 0.231 e. The second-order valence-corrected chi connectivity index (χ2v) is 3.71. The molecular weight excluding hydrogens is 216 g/mol. The average Bonchev–Trinajstić information content (AvgIpc) is 2.10. The lowest BCUT2D eigenvalue weighted by Gasteiger charge is -2.14. The lowest BCUT2D eigenvalue weighted by Crippen LogP contribution is -2.30. The van der Waals surface area contributed by atoms with Crippen molar-refractivity contribution in [3.05, 3.63) is 22.8 Å². The molecule has 1 amide bonds. The van der Waals surface area contributed by atoms with E-state index in [4.69, 9.17) is 23.1 Å². The van der Waals surface area contributed by atoms with E-state index in [2.05, 4.69) is 4.98 Å². The van der Waals surface area contributed by atoms with Gasteiger partial charge < -0.3 is 11.5 Å². The van der Waals surface area contributed by atoms with Crippen molar-refractivity contribution in [2.24, 2.45) is 5.73 Å². The fourth-order valence-electron chi connectivity index (χ4n) is 1.19. The van der Waals surface area contributed by atoms with E-state index in [0.29, 0.717) is 23.1 Å². The van der Waals surface area contributed by atoms with Crippen LogP contribution in [0, 0.1) is 0 Å². The van der Waals surface area contributed by atoms with Crippen molar-refractivity contribution in [2.45, 2.75) is 6.54 Å². The molecule has 5 nitrogen and oxygen atoms in total. The number of halogens is 1. The van der Waals surface area contributed by atoms with Crippen LogP contribution in [-0.4, -0.2) is 29.4 Å². The molecule has 0 aliphatic carbocycles. The van der Waals surface area contributed by atoms with Gasteiger partial charge in [-0.2, -0.15) is 0 Å². The lowest BCUT2D eigenvalue weighted by molar-refractivity contribution is -0.118. The molecule has 0 spiro atoms. The first-order valence-electron chi connectivity index (χ1n) is 4.37. The number of hydrogen-bond donors (Lipinski definition) is 2. The van der Waals surface area contributed by atoms with Gasteiger partial charge in [-0.3, -0.25) is 9.69 Å². The molecule has 15 heavy (non-hydrogen) atoms. The van der Waals surface area contributed by atoms with Gasteiger partial charge in [0, 0.05) is 6.54 Å². The normalized spacial score (nSPS) is 10.6. The molecule has 82 valence electrons. The molecule has 6 heteroatoms. The quantitative estimate of drug-likeness (QED) is 0.773. The fourth-order valence-corrected chi connectivity index (χ4v) is 1.35. The summed E-state index contributed by atoms with van der Waals surface area (Å²) in [5, 5.41) is 0.528. The van der Waals surface area contributed by atoms with Gasteiger partial charge in [-0.1, -0.05) is 11.6 Å². The zero-order valence-electron chi connectivity index (χ0n) is 8.40. The molecule has 1 rings (SSSR count). The van der Waals surface area contributed by atoms with Gasteiger partial charge in [0.2, 0.25) is 5.91 Å². The number of nitrogen functional groups attached to an aromatic ring is 1. The van der Waals surface area contributed by atoms with Crippen molar-refractivity contribution >= 4 is 23.3 Å². The Kier molecular flexibility index (Phi) is 3.88. The molecule has 0 bridgehead atoms. The van der Waals surface area contributed by atoms with Gasteiger partial charge in [0.15, 0.2) is 0 Å². The molecule has 0 radical (unpaired) electrons. The molecular formula is C9H13ClN4O. The predicted octanol–water partition coefficient (Wildman–Crippen LogP) is 0.234. The van der Waals surface area contributed by atoms with E-state index in [1.54, 1.807) is 24.1 Å². The molecule has 0 aliphatic heterocycles. The second kappa shape index (κ2) is 4.95. The SMILES string of the molecule is CN(CC(N)=O)Cc1nc(N)ccc1Cl. The summed E-state index contributed by atoms with van der Waals surface area (Å²) in [6.45, 7) is 0.597. The van der Waals surface area contributed by atoms with Crippen LogP contribution in [0.25, 0.3) is 0 Å². The van der Waals surface area contributed by atoms with Crippen LogP contribution >= 0.6 is 11.6 Å². The third kappa shape index (κ3) is 3.73. The molecule has 0 saturated heterocycles. The first-order valence-corrected chi connectivity index (χ1v) is 4.74. The van der Waals surface area contributed by atoms with Gasteiger partial charge >= 0.3 is 0 Å². The molecule has 0 fully saturated rings. The lowest BCUT2D eigenvalue weighted by atomic mass is 10.3. The summed E-state index contributed by atoms with van der Waals surface area (Å²) in [5.74, 6) is 0.0133. The van der Waals surface area contributed by atoms with Crippen molar-refractivity contribution in [1.82, 2.24) is 9.88 Å². The van der Waals surface area contributed by atoms with Gasteiger partial charge in [0.05, 0.1) is 17.3 Å². The Labute approximate surface area is 93.0 Å². The Hall–Kier alpha value is -1.33. The Bertz CT molecular complexity index is 369. The number of rotatable bonds is 4. The largest absolute Gasteiger partial charge is 0.384 e. The Morgan fingerprint density at radius 1 is 1.60 bits per heavy atom. The Morgan fingerprint density at radius 2 is 2.27 bits per heavy atom. The van der Waals surface area contributed by atoms with Crippen LogP contribution < -0.4 is 11.5 Å². The van der Waals surface area contributed by atoms with Crippen LogP contribution in [0.2, 0.25) is 5.02 Å². The maximum atomic E-state index is 10.7. The second-order valence-electron chi connectivity index (χ2n) is 3.30. The van der Waals surface area contributed by atoms with Crippen molar-refractivity contribution in [3.63, 3.8) is 0 Å². The number of carbonyl (C=O) groups is 1. The summed E-state index contributed by atoms with van der Waals surface area (Å²) in [6.07, 6.45) is 0. The van der Waals surface area contributed by atoms with Crippen LogP contribution in [0.1, 0.15) is 5.69 Å². The van der Waals surface area contributed by atoms with Gasteiger partial charge in [-0.15, -0.1) is 0 Å². The summed E-state index contributed by atoms with van der Waals surface area (Å²) in [6, 6.07) is 3.30. The smallest absolute Gasteiger partial charge is 0.231 e. The first kappa shape index (κ1) is 11.7. The Morgan fingerprint density at radius 3 is 2.87 bits per heavy atom. The van der Waals surface area contributed by atoms with Crippen LogP contribution in [0.5, 0.6) is 0 Å². The number of anilines is 1.